The highest BCUT2D eigenvalue weighted by Crippen LogP contribution is 2.35. The van der Waals surface area contributed by atoms with Crippen molar-refractivity contribution in [1.82, 2.24) is 0 Å². The molecule has 0 saturated heterocycles. The predicted molar refractivity (Wildman–Crippen MR) is 71.8 cm³/mol. The Bertz CT molecular complexity index is 601. The van der Waals surface area contributed by atoms with Gasteiger partial charge in [0, 0.05) is 11.3 Å². The number of hydrogen-bond acceptors (Lipinski definition) is 2. The molecule has 2 unspecified atom stereocenters. The lowest BCUT2D eigenvalue weighted by molar-refractivity contribution is 0.467. The number of fused-ring (bicyclic) bond motifs is 1. The highest BCUT2D eigenvalue weighted by molar-refractivity contribution is 5.77. The minimum atomic E-state index is 0.329. The molecule has 0 aliphatic rings. The molecule has 2 atom stereocenters. The van der Waals surface area contributed by atoms with Crippen molar-refractivity contribution in [2.75, 3.05) is 0 Å². The molecule has 3 aromatic rings. The maximum Gasteiger partial charge on any atom is 0.134 e. The van der Waals surface area contributed by atoms with Gasteiger partial charge in [-0.25, -0.2) is 0 Å². The molecular weight excluding hydrogens is 224 g/mol. The quantitative estimate of drug-likeness (QED) is 0.648. The molecule has 0 amide bonds. The van der Waals surface area contributed by atoms with Crippen molar-refractivity contribution in [3.63, 3.8) is 0 Å². The number of rotatable bonds is 3. The summed E-state index contributed by atoms with van der Waals surface area (Å²) in [4.78, 5) is 0. The number of hydrogen-bond donors (Lipinski definition) is 0. The molecule has 3 rings (SSSR count). The number of furan rings is 2. The molecule has 0 aliphatic carbocycles. The van der Waals surface area contributed by atoms with E-state index in [1.54, 1.807) is 6.26 Å². The number of para-hydroxylation sites is 1. The molecule has 0 saturated carbocycles. The van der Waals surface area contributed by atoms with E-state index in [1.165, 1.54) is 10.9 Å². The van der Waals surface area contributed by atoms with E-state index in [0.29, 0.717) is 11.8 Å². The maximum atomic E-state index is 5.92. The fourth-order valence-corrected chi connectivity index (χ4v) is 2.30. The molecule has 0 radical (unpaired) electrons. The van der Waals surface area contributed by atoms with E-state index in [1.807, 2.05) is 30.5 Å². The normalized spacial score (nSPS) is 14.8. The van der Waals surface area contributed by atoms with Crippen LogP contribution in [0.4, 0.5) is 0 Å². The van der Waals surface area contributed by atoms with Crippen molar-refractivity contribution >= 4 is 11.0 Å². The van der Waals surface area contributed by atoms with Crippen LogP contribution in [0.1, 0.15) is 37.0 Å². The summed E-state index contributed by atoms with van der Waals surface area (Å²) < 4.78 is 11.1. The summed E-state index contributed by atoms with van der Waals surface area (Å²) >= 11 is 0. The van der Waals surface area contributed by atoms with Crippen LogP contribution in [-0.2, 0) is 0 Å². The lowest BCUT2D eigenvalue weighted by atomic mass is 9.89. The van der Waals surface area contributed by atoms with Gasteiger partial charge < -0.3 is 8.83 Å². The van der Waals surface area contributed by atoms with Gasteiger partial charge in [0.2, 0.25) is 0 Å². The Balaban J connectivity index is 1.94. The van der Waals surface area contributed by atoms with Gasteiger partial charge in [0.15, 0.2) is 0 Å². The standard InChI is InChI=1S/C16H16O2/c1-11(14-7-8-17-10-14)12(2)16-9-13-5-3-4-6-15(13)18-16/h3-12H,1-2H3. The van der Waals surface area contributed by atoms with Crippen LogP contribution in [0.3, 0.4) is 0 Å². The van der Waals surface area contributed by atoms with Gasteiger partial charge in [-0.05, 0) is 29.7 Å². The molecule has 0 aliphatic heterocycles. The van der Waals surface area contributed by atoms with Crippen LogP contribution in [0.5, 0.6) is 0 Å². The van der Waals surface area contributed by atoms with E-state index in [2.05, 4.69) is 26.0 Å². The Morgan fingerprint density at radius 1 is 1.00 bits per heavy atom. The Morgan fingerprint density at radius 3 is 2.56 bits per heavy atom. The topological polar surface area (TPSA) is 26.3 Å². The summed E-state index contributed by atoms with van der Waals surface area (Å²) in [7, 11) is 0. The van der Waals surface area contributed by atoms with E-state index >= 15 is 0 Å². The minimum Gasteiger partial charge on any atom is -0.472 e. The van der Waals surface area contributed by atoms with Gasteiger partial charge in [0.1, 0.15) is 11.3 Å². The predicted octanol–water partition coefficient (Wildman–Crippen LogP) is 4.93. The monoisotopic (exact) mass is 240 g/mol. The molecule has 2 nitrogen and oxygen atoms in total. The lowest BCUT2D eigenvalue weighted by Crippen LogP contribution is -2.02. The van der Waals surface area contributed by atoms with Crippen molar-refractivity contribution in [3.8, 4) is 0 Å². The summed E-state index contributed by atoms with van der Waals surface area (Å²) in [6.45, 7) is 4.39. The second-order valence-electron chi connectivity index (χ2n) is 4.82. The molecule has 0 spiro atoms. The van der Waals surface area contributed by atoms with Crippen molar-refractivity contribution in [2.45, 2.75) is 25.7 Å². The molecule has 0 bridgehead atoms. The Hall–Kier alpha value is -1.96. The highest BCUT2D eigenvalue weighted by Gasteiger charge is 2.20. The molecule has 2 aromatic heterocycles. The van der Waals surface area contributed by atoms with Gasteiger partial charge in [-0.1, -0.05) is 32.0 Å². The highest BCUT2D eigenvalue weighted by atomic mass is 16.3. The zero-order valence-electron chi connectivity index (χ0n) is 10.6. The van der Waals surface area contributed by atoms with Crippen LogP contribution < -0.4 is 0 Å². The third kappa shape index (κ3) is 1.84. The molecule has 2 heterocycles. The molecule has 0 N–H and O–H groups in total. The third-order valence-electron chi connectivity index (χ3n) is 3.71. The average molecular weight is 240 g/mol. The molecule has 0 fully saturated rings. The first kappa shape index (κ1) is 11.1. The summed E-state index contributed by atoms with van der Waals surface area (Å²) in [6, 6.07) is 12.3. The summed E-state index contributed by atoms with van der Waals surface area (Å²) in [5.41, 5.74) is 2.17. The molecule has 92 valence electrons. The van der Waals surface area contributed by atoms with Crippen LogP contribution in [0.25, 0.3) is 11.0 Å². The first-order valence-corrected chi connectivity index (χ1v) is 6.26. The number of benzene rings is 1. The average Bonchev–Trinajstić information content (AvgIpc) is 3.05. The lowest BCUT2D eigenvalue weighted by Gasteiger charge is -2.15. The zero-order valence-corrected chi connectivity index (χ0v) is 10.6. The molecule has 2 heteroatoms. The second-order valence-corrected chi connectivity index (χ2v) is 4.82. The van der Waals surface area contributed by atoms with Crippen molar-refractivity contribution < 1.29 is 8.83 Å². The van der Waals surface area contributed by atoms with Crippen molar-refractivity contribution in [3.05, 3.63) is 60.2 Å². The fraction of sp³-hybridized carbons (Fsp3) is 0.250. The smallest absolute Gasteiger partial charge is 0.134 e. The summed E-state index contributed by atoms with van der Waals surface area (Å²) in [5.74, 6) is 1.74. The second kappa shape index (κ2) is 4.37. The maximum absolute atomic E-state index is 5.92. The van der Waals surface area contributed by atoms with Crippen LogP contribution in [0.2, 0.25) is 0 Å². The van der Waals surface area contributed by atoms with E-state index < -0.39 is 0 Å². The molecular formula is C16H16O2. The first-order chi connectivity index (χ1) is 8.75. The Morgan fingerprint density at radius 2 is 1.83 bits per heavy atom. The Labute approximate surface area is 106 Å². The van der Waals surface area contributed by atoms with E-state index in [4.69, 9.17) is 8.83 Å². The summed E-state index contributed by atoms with van der Waals surface area (Å²) in [6.07, 6.45) is 3.53. The zero-order chi connectivity index (χ0) is 12.5. The van der Waals surface area contributed by atoms with Crippen LogP contribution >= 0.6 is 0 Å². The van der Waals surface area contributed by atoms with Crippen LogP contribution in [0, 0.1) is 0 Å². The van der Waals surface area contributed by atoms with Crippen molar-refractivity contribution in [2.24, 2.45) is 0 Å². The molecule has 1 aromatic carbocycles. The summed E-state index contributed by atoms with van der Waals surface area (Å²) in [5, 5.41) is 1.17. The first-order valence-electron chi connectivity index (χ1n) is 6.26. The van der Waals surface area contributed by atoms with Crippen molar-refractivity contribution in [1.29, 1.82) is 0 Å². The van der Waals surface area contributed by atoms with E-state index in [0.717, 1.165) is 11.3 Å². The van der Waals surface area contributed by atoms with Gasteiger partial charge in [-0.15, -0.1) is 0 Å². The minimum absolute atomic E-state index is 0.329. The van der Waals surface area contributed by atoms with Gasteiger partial charge >= 0.3 is 0 Å². The van der Waals surface area contributed by atoms with Gasteiger partial charge in [-0.3, -0.25) is 0 Å². The van der Waals surface area contributed by atoms with E-state index in [-0.39, 0.29) is 0 Å². The van der Waals surface area contributed by atoms with Crippen LogP contribution in [0.15, 0.2) is 57.8 Å². The van der Waals surface area contributed by atoms with E-state index in [9.17, 15) is 0 Å². The van der Waals surface area contributed by atoms with Gasteiger partial charge in [0.25, 0.3) is 0 Å². The molecule has 18 heavy (non-hydrogen) atoms. The van der Waals surface area contributed by atoms with Gasteiger partial charge in [-0.2, -0.15) is 0 Å². The fourth-order valence-electron chi connectivity index (χ4n) is 2.30. The largest absolute Gasteiger partial charge is 0.472 e. The Kier molecular flexibility index (Phi) is 2.71. The third-order valence-corrected chi connectivity index (χ3v) is 3.71. The SMILES string of the molecule is CC(c1ccoc1)C(C)c1cc2ccccc2o1. The van der Waals surface area contributed by atoms with Crippen LogP contribution in [-0.4, -0.2) is 0 Å². The van der Waals surface area contributed by atoms with Gasteiger partial charge in [0.05, 0.1) is 12.5 Å².